The summed E-state index contributed by atoms with van der Waals surface area (Å²) in [7, 11) is 0. The highest BCUT2D eigenvalue weighted by atomic mass is 32.2. The van der Waals surface area contributed by atoms with Crippen molar-refractivity contribution in [2.75, 3.05) is 0 Å². The average molecular weight is 320 g/mol. The molecule has 1 atom stereocenters. The topological polar surface area (TPSA) is 17.8 Å². The zero-order valence-corrected chi connectivity index (χ0v) is 12.2. The molecule has 6 heteroatoms. The van der Waals surface area contributed by atoms with Crippen LogP contribution in [0, 0.1) is 0 Å². The van der Waals surface area contributed by atoms with Crippen molar-refractivity contribution in [1.82, 2.24) is 9.55 Å². The molecule has 112 valence electrons. The number of benzene rings is 2. The molecule has 0 saturated carbocycles. The monoisotopic (exact) mass is 320 g/mol. The maximum Gasteiger partial charge on any atom is 0.416 e. The molecule has 2 heterocycles. The second kappa shape index (κ2) is 4.78. The largest absolute Gasteiger partial charge is 0.416 e. The fourth-order valence-corrected chi connectivity index (χ4v) is 4.01. The minimum absolute atomic E-state index is 0.0234. The second-order valence-electron chi connectivity index (χ2n) is 5.17. The number of hydrogen-bond acceptors (Lipinski definition) is 2. The predicted molar refractivity (Wildman–Crippen MR) is 80.6 cm³/mol. The van der Waals surface area contributed by atoms with Gasteiger partial charge in [0.25, 0.3) is 0 Å². The molecule has 3 aromatic rings. The number of hydrogen-bond donors (Lipinski definition) is 0. The van der Waals surface area contributed by atoms with Crippen molar-refractivity contribution < 1.29 is 13.2 Å². The molecule has 1 aliphatic rings. The number of rotatable bonds is 1. The Morgan fingerprint density at radius 1 is 1.05 bits per heavy atom. The summed E-state index contributed by atoms with van der Waals surface area (Å²) in [5.41, 5.74) is 2.19. The minimum Gasteiger partial charge on any atom is -0.310 e. The Morgan fingerprint density at radius 2 is 1.77 bits per heavy atom. The Kier molecular flexibility index (Phi) is 2.97. The SMILES string of the molecule is FC(F)(F)c1ccc([C@@H]2SCc3nc4ccccc4n32)cc1. The van der Waals surface area contributed by atoms with E-state index < -0.39 is 11.7 Å². The van der Waals surface area contributed by atoms with Gasteiger partial charge in [-0.15, -0.1) is 11.8 Å². The Morgan fingerprint density at radius 3 is 2.50 bits per heavy atom. The van der Waals surface area contributed by atoms with Crippen LogP contribution in [-0.2, 0) is 11.9 Å². The summed E-state index contributed by atoms with van der Waals surface area (Å²) in [6, 6.07) is 13.2. The fourth-order valence-electron chi connectivity index (χ4n) is 2.77. The minimum atomic E-state index is -4.30. The molecule has 0 bridgehead atoms. The molecule has 4 rings (SSSR count). The van der Waals surface area contributed by atoms with Gasteiger partial charge in [-0.05, 0) is 29.8 Å². The summed E-state index contributed by atoms with van der Waals surface area (Å²) in [6.07, 6.45) is -4.30. The molecule has 0 N–H and O–H groups in total. The lowest BCUT2D eigenvalue weighted by atomic mass is 10.1. The Hall–Kier alpha value is -1.95. The van der Waals surface area contributed by atoms with E-state index in [0.29, 0.717) is 0 Å². The maximum absolute atomic E-state index is 12.7. The third-order valence-corrected chi connectivity index (χ3v) is 5.02. The van der Waals surface area contributed by atoms with Gasteiger partial charge in [-0.3, -0.25) is 0 Å². The van der Waals surface area contributed by atoms with E-state index in [1.165, 1.54) is 0 Å². The maximum atomic E-state index is 12.7. The van der Waals surface area contributed by atoms with Gasteiger partial charge in [-0.1, -0.05) is 24.3 Å². The normalized spacial score (nSPS) is 17.9. The van der Waals surface area contributed by atoms with E-state index in [4.69, 9.17) is 0 Å². The highest BCUT2D eigenvalue weighted by Crippen LogP contribution is 2.43. The summed E-state index contributed by atoms with van der Waals surface area (Å²) in [5, 5.41) is -0.0234. The van der Waals surface area contributed by atoms with Crippen LogP contribution in [0.5, 0.6) is 0 Å². The van der Waals surface area contributed by atoms with Crippen LogP contribution in [0.4, 0.5) is 13.2 Å². The van der Waals surface area contributed by atoms with Gasteiger partial charge in [0.15, 0.2) is 0 Å². The van der Waals surface area contributed by atoms with Crippen LogP contribution in [0.2, 0.25) is 0 Å². The molecule has 2 aromatic carbocycles. The van der Waals surface area contributed by atoms with Gasteiger partial charge >= 0.3 is 6.18 Å². The molecule has 0 spiro atoms. The lowest BCUT2D eigenvalue weighted by Crippen LogP contribution is -2.07. The molecule has 0 aliphatic carbocycles. The number of thioether (sulfide) groups is 1. The Bertz CT molecular complexity index is 837. The second-order valence-corrected chi connectivity index (χ2v) is 6.24. The summed E-state index contributed by atoms with van der Waals surface area (Å²) in [6.45, 7) is 0. The quantitative estimate of drug-likeness (QED) is 0.638. The van der Waals surface area contributed by atoms with Crippen molar-refractivity contribution in [3.8, 4) is 0 Å². The Labute approximate surface area is 129 Å². The molecule has 0 radical (unpaired) electrons. The molecule has 2 nitrogen and oxygen atoms in total. The number of fused-ring (bicyclic) bond motifs is 3. The van der Waals surface area contributed by atoms with Gasteiger partial charge in [0.1, 0.15) is 11.2 Å². The lowest BCUT2D eigenvalue weighted by Gasteiger charge is -2.15. The molecule has 0 amide bonds. The smallest absolute Gasteiger partial charge is 0.310 e. The van der Waals surface area contributed by atoms with Gasteiger partial charge in [0.05, 0.1) is 22.3 Å². The van der Waals surface area contributed by atoms with E-state index >= 15 is 0 Å². The molecular weight excluding hydrogens is 309 g/mol. The standard InChI is InChI=1S/C16H11F3N2S/c17-16(18,19)11-7-5-10(6-8-11)15-21-13-4-2-1-3-12(13)20-14(21)9-22-15/h1-8,15H,9H2/t15-/m0/s1. The first-order valence-electron chi connectivity index (χ1n) is 6.78. The third kappa shape index (κ3) is 2.09. The molecule has 0 fully saturated rings. The first kappa shape index (κ1) is 13.7. The zero-order valence-electron chi connectivity index (χ0n) is 11.3. The van der Waals surface area contributed by atoms with Crippen LogP contribution >= 0.6 is 11.8 Å². The molecular formula is C16H11F3N2S. The average Bonchev–Trinajstić information content (AvgIpc) is 3.05. The van der Waals surface area contributed by atoms with Gasteiger partial charge < -0.3 is 4.57 Å². The summed E-state index contributed by atoms with van der Waals surface area (Å²) < 4.78 is 40.1. The third-order valence-electron chi connectivity index (χ3n) is 3.80. The van der Waals surface area contributed by atoms with Gasteiger partial charge in [-0.2, -0.15) is 13.2 Å². The number of alkyl halides is 3. The van der Waals surface area contributed by atoms with Crippen LogP contribution in [0.1, 0.15) is 22.3 Å². The van der Waals surface area contributed by atoms with Crippen LogP contribution < -0.4 is 0 Å². The van der Waals surface area contributed by atoms with Gasteiger partial charge in [0, 0.05) is 0 Å². The molecule has 22 heavy (non-hydrogen) atoms. The number of nitrogens with zero attached hydrogens (tertiary/aromatic N) is 2. The van der Waals surface area contributed by atoms with Crippen molar-refractivity contribution in [2.45, 2.75) is 17.3 Å². The molecule has 0 unspecified atom stereocenters. The Balaban J connectivity index is 1.77. The van der Waals surface area contributed by atoms with Crippen LogP contribution in [0.25, 0.3) is 11.0 Å². The van der Waals surface area contributed by atoms with E-state index in [1.54, 1.807) is 23.9 Å². The predicted octanol–water partition coefficient (Wildman–Crippen LogP) is 4.85. The first-order valence-corrected chi connectivity index (χ1v) is 7.83. The van der Waals surface area contributed by atoms with E-state index in [1.807, 2.05) is 24.3 Å². The highest BCUT2D eigenvalue weighted by Gasteiger charge is 2.32. The van der Waals surface area contributed by atoms with Crippen LogP contribution in [0.15, 0.2) is 48.5 Å². The van der Waals surface area contributed by atoms with Gasteiger partial charge in [0.2, 0.25) is 0 Å². The first-order chi connectivity index (χ1) is 10.5. The molecule has 1 aliphatic heterocycles. The number of imidazole rings is 1. The summed E-state index contributed by atoms with van der Waals surface area (Å²) in [4.78, 5) is 4.59. The molecule has 0 saturated heterocycles. The van der Waals surface area contributed by atoms with Crippen LogP contribution in [0.3, 0.4) is 0 Å². The van der Waals surface area contributed by atoms with Crippen molar-refractivity contribution in [3.05, 3.63) is 65.5 Å². The molecule has 1 aromatic heterocycles. The van der Waals surface area contributed by atoms with Crippen molar-refractivity contribution >= 4 is 22.8 Å². The van der Waals surface area contributed by atoms with E-state index in [9.17, 15) is 13.2 Å². The zero-order chi connectivity index (χ0) is 15.3. The number of aromatic nitrogens is 2. The van der Waals surface area contributed by atoms with Crippen LogP contribution in [-0.4, -0.2) is 9.55 Å². The lowest BCUT2D eigenvalue weighted by molar-refractivity contribution is -0.137. The summed E-state index contributed by atoms with van der Waals surface area (Å²) in [5.74, 6) is 1.73. The number of para-hydroxylation sites is 2. The van der Waals surface area contributed by atoms with E-state index in [2.05, 4.69) is 9.55 Å². The van der Waals surface area contributed by atoms with Gasteiger partial charge in [-0.25, -0.2) is 4.98 Å². The van der Waals surface area contributed by atoms with E-state index in [0.717, 1.165) is 40.3 Å². The summed E-state index contributed by atoms with van der Waals surface area (Å²) >= 11 is 1.68. The van der Waals surface area contributed by atoms with E-state index in [-0.39, 0.29) is 5.37 Å². The number of halogens is 3. The van der Waals surface area contributed by atoms with Crippen molar-refractivity contribution in [2.24, 2.45) is 0 Å². The highest BCUT2D eigenvalue weighted by molar-refractivity contribution is 7.99. The van der Waals surface area contributed by atoms with Crippen molar-refractivity contribution in [3.63, 3.8) is 0 Å². The van der Waals surface area contributed by atoms with Crippen molar-refractivity contribution in [1.29, 1.82) is 0 Å². The fraction of sp³-hybridized carbons (Fsp3) is 0.188.